The molecule has 1 atom stereocenters. The molecule has 5 rings (SSSR count). The molecule has 0 amide bonds. The van der Waals surface area contributed by atoms with Gasteiger partial charge >= 0.3 is 6.18 Å². The minimum atomic E-state index is -4.99. The van der Waals surface area contributed by atoms with E-state index in [1.54, 1.807) is 4.68 Å². The van der Waals surface area contributed by atoms with Gasteiger partial charge in [0.2, 0.25) is 0 Å². The Labute approximate surface area is 179 Å². The van der Waals surface area contributed by atoms with Crippen molar-refractivity contribution in [2.24, 2.45) is 0 Å². The molecule has 0 aliphatic heterocycles. The Hall–Kier alpha value is -3.69. The van der Waals surface area contributed by atoms with E-state index in [9.17, 15) is 22.7 Å². The minimum absolute atomic E-state index is 0.0323. The Morgan fingerprint density at radius 2 is 1.84 bits per heavy atom. The van der Waals surface area contributed by atoms with Crippen LogP contribution in [0, 0.1) is 5.82 Å². The summed E-state index contributed by atoms with van der Waals surface area (Å²) < 4.78 is 55.6. The quantitative estimate of drug-likeness (QED) is 0.440. The Bertz CT molecular complexity index is 1350. The summed E-state index contributed by atoms with van der Waals surface area (Å²) in [7, 11) is 0. The molecule has 0 fully saturated rings. The number of phenolic OH excluding ortho intramolecular Hbond substituents is 1. The number of rotatable bonds is 2. The smallest absolute Gasteiger partial charge is 0.419 e. The number of fused-ring (bicyclic) bond motifs is 2. The summed E-state index contributed by atoms with van der Waals surface area (Å²) in [5.41, 5.74) is 7.16. The summed E-state index contributed by atoms with van der Waals surface area (Å²) in [5, 5.41) is 14.6. The second-order valence-corrected chi connectivity index (χ2v) is 7.77. The number of aromatic hydroxyl groups is 1. The van der Waals surface area contributed by atoms with Gasteiger partial charge < -0.3 is 10.8 Å². The van der Waals surface area contributed by atoms with Crippen LogP contribution in [0.15, 0.2) is 42.7 Å². The van der Waals surface area contributed by atoms with Crippen LogP contribution in [0.3, 0.4) is 0 Å². The Morgan fingerprint density at radius 3 is 2.59 bits per heavy atom. The highest BCUT2D eigenvalue weighted by atomic mass is 19.4. The van der Waals surface area contributed by atoms with E-state index in [1.807, 2.05) is 18.2 Å². The molecule has 0 radical (unpaired) electrons. The van der Waals surface area contributed by atoms with Gasteiger partial charge in [-0.1, -0.05) is 24.3 Å². The molecule has 2 aromatic heterocycles. The van der Waals surface area contributed by atoms with Crippen LogP contribution in [-0.4, -0.2) is 24.9 Å². The fourth-order valence-corrected chi connectivity index (χ4v) is 4.29. The number of hydrogen-bond donors (Lipinski definition) is 2. The highest BCUT2D eigenvalue weighted by molar-refractivity contribution is 5.98. The lowest BCUT2D eigenvalue weighted by molar-refractivity contribution is -0.140. The molecule has 164 valence electrons. The first-order valence-corrected chi connectivity index (χ1v) is 9.89. The summed E-state index contributed by atoms with van der Waals surface area (Å²) in [6.45, 7) is 0. The molecule has 3 N–H and O–H groups in total. The lowest BCUT2D eigenvalue weighted by Gasteiger charge is -2.25. The zero-order valence-corrected chi connectivity index (χ0v) is 16.6. The molecule has 32 heavy (non-hydrogen) atoms. The number of nitrogens with zero attached hydrogens (tertiary/aromatic N) is 4. The van der Waals surface area contributed by atoms with Crippen LogP contribution < -0.4 is 5.73 Å². The van der Waals surface area contributed by atoms with E-state index in [0.29, 0.717) is 18.1 Å². The van der Waals surface area contributed by atoms with Crippen molar-refractivity contribution in [3.8, 4) is 17.0 Å². The number of benzene rings is 2. The van der Waals surface area contributed by atoms with Crippen molar-refractivity contribution in [3.63, 3.8) is 0 Å². The molecule has 2 heterocycles. The van der Waals surface area contributed by atoms with Crippen LogP contribution >= 0.6 is 0 Å². The standard InChI is InChI=1S/C22H17F4N5O/c23-18-15(22(24,25)26)8-13(9-16(18)32)19-17-20(27)28-10-29-21(17)31(30-19)14-6-5-11-3-1-2-4-12(11)7-14/h1-4,8-10,14,32H,5-7H2,(H2,27,28,29). The van der Waals surface area contributed by atoms with Crippen LogP contribution in [-0.2, 0) is 19.0 Å². The minimum Gasteiger partial charge on any atom is -0.505 e. The van der Waals surface area contributed by atoms with Gasteiger partial charge in [-0.15, -0.1) is 0 Å². The second kappa shape index (κ2) is 7.18. The van der Waals surface area contributed by atoms with E-state index >= 15 is 0 Å². The average molecular weight is 443 g/mol. The Kier molecular flexibility index (Phi) is 4.54. The predicted molar refractivity (Wildman–Crippen MR) is 109 cm³/mol. The van der Waals surface area contributed by atoms with E-state index in [1.165, 1.54) is 11.9 Å². The Morgan fingerprint density at radius 1 is 1.09 bits per heavy atom. The maximum atomic E-state index is 14.0. The molecule has 1 aliphatic rings. The number of hydrogen-bond acceptors (Lipinski definition) is 5. The third-order valence-electron chi connectivity index (χ3n) is 5.82. The average Bonchev–Trinajstić information content (AvgIpc) is 3.15. The summed E-state index contributed by atoms with van der Waals surface area (Å²) >= 11 is 0. The number of alkyl halides is 3. The van der Waals surface area contributed by atoms with Gasteiger partial charge in [0.25, 0.3) is 0 Å². The fourth-order valence-electron chi connectivity index (χ4n) is 4.29. The van der Waals surface area contributed by atoms with Crippen LogP contribution in [0.1, 0.15) is 29.2 Å². The van der Waals surface area contributed by atoms with Gasteiger partial charge in [-0.05, 0) is 42.5 Å². The predicted octanol–water partition coefficient (Wildman–Crippen LogP) is 4.67. The van der Waals surface area contributed by atoms with Gasteiger partial charge in [0.15, 0.2) is 17.2 Å². The number of nitrogen functional groups attached to an aromatic ring is 1. The van der Waals surface area contributed by atoms with Crippen LogP contribution in [0.2, 0.25) is 0 Å². The molecular formula is C22H17F4N5O. The van der Waals surface area contributed by atoms with Gasteiger partial charge in [-0.3, -0.25) is 0 Å². The van der Waals surface area contributed by atoms with Gasteiger partial charge in [-0.25, -0.2) is 19.0 Å². The first-order chi connectivity index (χ1) is 15.2. The maximum Gasteiger partial charge on any atom is 0.419 e. The molecule has 1 unspecified atom stereocenters. The van der Waals surface area contributed by atoms with E-state index in [4.69, 9.17) is 5.73 Å². The van der Waals surface area contributed by atoms with Crippen molar-refractivity contribution >= 4 is 16.9 Å². The van der Waals surface area contributed by atoms with Crippen molar-refractivity contribution in [1.29, 1.82) is 0 Å². The van der Waals surface area contributed by atoms with E-state index in [2.05, 4.69) is 21.1 Å². The van der Waals surface area contributed by atoms with Crippen molar-refractivity contribution in [2.75, 3.05) is 5.73 Å². The van der Waals surface area contributed by atoms with Crippen LogP contribution in [0.25, 0.3) is 22.3 Å². The SMILES string of the molecule is Nc1ncnc2c1c(-c1cc(O)c(F)c(C(F)(F)F)c1)nn2C1CCc2ccccc2C1. The molecule has 0 spiro atoms. The summed E-state index contributed by atoms with van der Waals surface area (Å²) in [6, 6.07) is 9.44. The molecule has 0 saturated carbocycles. The number of anilines is 1. The molecule has 6 nitrogen and oxygen atoms in total. The highest BCUT2D eigenvalue weighted by Crippen LogP contribution is 2.41. The van der Waals surface area contributed by atoms with Crippen molar-refractivity contribution < 1.29 is 22.7 Å². The molecule has 1 aliphatic carbocycles. The zero-order valence-electron chi connectivity index (χ0n) is 16.6. The summed E-state index contributed by atoms with van der Waals surface area (Å²) in [5.74, 6) is -2.83. The monoisotopic (exact) mass is 443 g/mol. The normalized spacial score (nSPS) is 16.3. The third kappa shape index (κ3) is 3.22. The molecule has 2 aromatic carbocycles. The van der Waals surface area contributed by atoms with E-state index in [0.717, 1.165) is 24.5 Å². The molecule has 10 heteroatoms. The van der Waals surface area contributed by atoms with Crippen molar-refractivity contribution in [1.82, 2.24) is 19.7 Å². The van der Waals surface area contributed by atoms with Crippen molar-refractivity contribution in [3.05, 3.63) is 65.2 Å². The van der Waals surface area contributed by atoms with Gasteiger partial charge in [0.05, 0.1) is 17.0 Å². The lowest BCUT2D eigenvalue weighted by Crippen LogP contribution is -2.20. The highest BCUT2D eigenvalue weighted by Gasteiger charge is 2.36. The van der Waals surface area contributed by atoms with Gasteiger partial charge in [-0.2, -0.15) is 18.3 Å². The van der Waals surface area contributed by atoms with Crippen molar-refractivity contribution in [2.45, 2.75) is 31.5 Å². The topological polar surface area (TPSA) is 89.8 Å². The van der Waals surface area contributed by atoms with E-state index in [-0.39, 0.29) is 28.5 Å². The number of aryl methyl sites for hydroxylation is 1. The third-order valence-corrected chi connectivity index (χ3v) is 5.82. The maximum absolute atomic E-state index is 14.0. The van der Waals surface area contributed by atoms with Crippen LogP contribution in [0.4, 0.5) is 23.4 Å². The number of halogens is 4. The molecule has 0 bridgehead atoms. The summed E-state index contributed by atoms with van der Waals surface area (Å²) in [4.78, 5) is 8.23. The molecule has 4 aromatic rings. The lowest BCUT2D eigenvalue weighted by atomic mass is 9.88. The number of nitrogens with two attached hydrogens (primary N) is 1. The van der Waals surface area contributed by atoms with Gasteiger partial charge in [0.1, 0.15) is 17.8 Å². The largest absolute Gasteiger partial charge is 0.505 e. The fraction of sp³-hybridized carbons (Fsp3) is 0.227. The Balaban J connectivity index is 1.69. The van der Waals surface area contributed by atoms with E-state index < -0.39 is 23.3 Å². The van der Waals surface area contributed by atoms with Gasteiger partial charge in [0, 0.05) is 5.56 Å². The second-order valence-electron chi connectivity index (χ2n) is 7.77. The number of aromatic nitrogens is 4. The zero-order chi connectivity index (χ0) is 22.6. The number of phenols is 1. The van der Waals surface area contributed by atoms with Crippen LogP contribution in [0.5, 0.6) is 5.75 Å². The summed E-state index contributed by atoms with van der Waals surface area (Å²) in [6.07, 6.45) is -1.50. The first kappa shape index (κ1) is 20.2. The molecular weight excluding hydrogens is 426 g/mol. The molecule has 0 saturated heterocycles. The first-order valence-electron chi connectivity index (χ1n) is 9.89.